The molecule has 0 radical (unpaired) electrons. The van der Waals surface area contributed by atoms with E-state index >= 15 is 0 Å². The van der Waals surface area contributed by atoms with Crippen LogP contribution in [0.15, 0.2) is 107 Å². The van der Waals surface area contributed by atoms with Crippen LogP contribution in [0.25, 0.3) is 0 Å². The van der Waals surface area contributed by atoms with Gasteiger partial charge in [0.25, 0.3) is 0 Å². The minimum atomic E-state index is 0.580. The van der Waals surface area contributed by atoms with Crippen LogP contribution in [-0.4, -0.2) is 0 Å². The van der Waals surface area contributed by atoms with E-state index in [4.69, 9.17) is 0 Å². The molecule has 0 saturated heterocycles. The molecule has 0 fully saturated rings. The van der Waals surface area contributed by atoms with E-state index in [0.29, 0.717) is 23.7 Å². The fourth-order valence-corrected chi connectivity index (χ4v) is 5.54. The average Bonchev–Trinajstić information content (AvgIpc) is 2.74. The molecule has 0 bridgehead atoms. The minimum absolute atomic E-state index is 0.580. The van der Waals surface area contributed by atoms with Crippen molar-refractivity contribution in [1.82, 2.24) is 0 Å². The van der Waals surface area contributed by atoms with Crippen molar-refractivity contribution in [1.29, 1.82) is 0 Å². The Kier molecular flexibility index (Phi) is 4.81. The molecule has 0 N–H and O–H groups in total. The molecule has 0 saturated carbocycles. The van der Waals surface area contributed by atoms with Gasteiger partial charge in [0.1, 0.15) is 0 Å². The molecule has 5 aliphatic carbocycles. The van der Waals surface area contributed by atoms with Gasteiger partial charge in [-0.05, 0) is 77.7 Å². The molecule has 0 aromatic rings. The second-order valence-electron chi connectivity index (χ2n) is 8.86. The molecule has 5 aliphatic rings. The van der Waals surface area contributed by atoms with Gasteiger partial charge in [-0.2, -0.15) is 0 Å². The highest BCUT2D eigenvalue weighted by molar-refractivity contribution is 5.56. The van der Waals surface area contributed by atoms with E-state index in [2.05, 4.69) is 85.9 Å². The quantitative estimate of drug-likeness (QED) is 0.490. The van der Waals surface area contributed by atoms with Crippen LogP contribution in [0.5, 0.6) is 0 Å². The van der Waals surface area contributed by atoms with Gasteiger partial charge in [0.15, 0.2) is 0 Å². The van der Waals surface area contributed by atoms with Crippen molar-refractivity contribution >= 4 is 0 Å². The van der Waals surface area contributed by atoms with Gasteiger partial charge in [0.05, 0.1) is 0 Å². The predicted molar refractivity (Wildman–Crippen MR) is 120 cm³/mol. The van der Waals surface area contributed by atoms with Crippen molar-refractivity contribution in [3.63, 3.8) is 0 Å². The number of hydrogen-bond acceptors (Lipinski definition) is 0. The number of hydrogen-bond donors (Lipinski definition) is 0. The van der Waals surface area contributed by atoms with E-state index in [1.807, 2.05) is 0 Å². The summed E-state index contributed by atoms with van der Waals surface area (Å²) in [5.74, 6) is 2.54. The number of rotatable bonds is 3. The van der Waals surface area contributed by atoms with Gasteiger partial charge in [-0.1, -0.05) is 85.9 Å². The average molecular weight is 367 g/mol. The first-order chi connectivity index (χ1) is 13.8. The molecule has 0 amide bonds. The molecule has 142 valence electrons. The highest BCUT2D eigenvalue weighted by Crippen LogP contribution is 2.51. The maximum atomic E-state index is 2.50. The van der Waals surface area contributed by atoms with Gasteiger partial charge in [-0.15, -0.1) is 0 Å². The lowest BCUT2D eigenvalue weighted by molar-refractivity contribution is 0.369. The van der Waals surface area contributed by atoms with Crippen LogP contribution in [-0.2, 0) is 0 Å². The molecule has 0 heteroatoms. The Morgan fingerprint density at radius 2 is 2.00 bits per heavy atom. The van der Waals surface area contributed by atoms with Crippen molar-refractivity contribution < 1.29 is 0 Å². The largest absolute Gasteiger partial charge is 0.0839 e. The summed E-state index contributed by atoms with van der Waals surface area (Å²) in [6, 6.07) is 0. The smallest absolute Gasteiger partial charge is 0.00927 e. The van der Waals surface area contributed by atoms with E-state index in [1.165, 1.54) is 36.8 Å². The van der Waals surface area contributed by atoms with E-state index < -0.39 is 0 Å². The Labute approximate surface area is 169 Å². The monoisotopic (exact) mass is 366 g/mol. The summed E-state index contributed by atoms with van der Waals surface area (Å²) in [5, 5.41) is 0. The summed E-state index contributed by atoms with van der Waals surface area (Å²) in [4.78, 5) is 0. The second-order valence-corrected chi connectivity index (χ2v) is 8.86. The molecule has 0 nitrogen and oxygen atoms in total. The molecule has 0 aromatic carbocycles. The predicted octanol–water partition coefficient (Wildman–Crippen LogP) is 7.35. The zero-order chi connectivity index (χ0) is 18.9. The van der Waals surface area contributed by atoms with Gasteiger partial charge in [-0.3, -0.25) is 0 Å². The molecular formula is C28H30. The Bertz CT molecular complexity index is 919. The van der Waals surface area contributed by atoms with Crippen LogP contribution in [0.2, 0.25) is 0 Å². The van der Waals surface area contributed by atoms with Crippen LogP contribution in [0.1, 0.15) is 39.0 Å². The zero-order valence-electron chi connectivity index (χ0n) is 16.9. The van der Waals surface area contributed by atoms with Crippen LogP contribution in [0, 0.1) is 23.7 Å². The van der Waals surface area contributed by atoms with Gasteiger partial charge < -0.3 is 0 Å². The zero-order valence-corrected chi connectivity index (χ0v) is 16.9. The molecule has 28 heavy (non-hydrogen) atoms. The molecule has 0 heterocycles. The summed E-state index contributed by atoms with van der Waals surface area (Å²) in [5.41, 5.74) is 7.69. The number of fused-ring (bicyclic) bond motifs is 5. The minimum Gasteiger partial charge on any atom is -0.0839 e. The molecule has 0 spiro atoms. The first-order valence-electron chi connectivity index (χ1n) is 11.0. The molecule has 4 atom stereocenters. The normalized spacial score (nSPS) is 33.2. The summed E-state index contributed by atoms with van der Waals surface area (Å²) < 4.78 is 0. The van der Waals surface area contributed by atoms with Crippen molar-refractivity contribution in [3.05, 3.63) is 107 Å². The highest BCUT2D eigenvalue weighted by Gasteiger charge is 2.39. The van der Waals surface area contributed by atoms with Crippen molar-refractivity contribution in [2.45, 2.75) is 39.0 Å². The standard InChI is InChI=1S/C28H30/c1-20-8-6-9-21(18-20)10-7-11-22-16-17-27-25-14-3-2-12-23(25)24-13-4-5-15-26(24)28(27)19-22/h2-4,6-7,9,11-14,16,18-20,23,25,27H,5,8,10,15,17H2,1H3. The molecule has 0 aromatic heterocycles. The summed E-state index contributed by atoms with van der Waals surface area (Å²) in [6.45, 7) is 2.30. The van der Waals surface area contributed by atoms with E-state index in [9.17, 15) is 0 Å². The van der Waals surface area contributed by atoms with Crippen LogP contribution < -0.4 is 0 Å². The van der Waals surface area contributed by atoms with E-state index in [0.717, 1.165) is 6.42 Å². The van der Waals surface area contributed by atoms with Crippen LogP contribution >= 0.6 is 0 Å². The molecule has 5 rings (SSSR count). The first kappa shape index (κ1) is 17.7. The van der Waals surface area contributed by atoms with Crippen molar-refractivity contribution in [2.24, 2.45) is 23.7 Å². The van der Waals surface area contributed by atoms with Crippen molar-refractivity contribution in [3.8, 4) is 0 Å². The molecule has 4 unspecified atom stereocenters. The van der Waals surface area contributed by atoms with Gasteiger partial charge in [0.2, 0.25) is 0 Å². The maximum absolute atomic E-state index is 2.50. The lowest BCUT2D eigenvalue weighted by atomic mass is 9.61. The SMILES string of the molecule is CC1C=C(CC=CC2=CCC3C(=C2)C2=C(C=CCC2)C2C=CC=CC23)C=CC1. The fourth-order valence-electron chi connectivity index (χ4n) is 5.54. The summed E-state index contributed by atoms with van der Waals surface area (Å²) in [7, 11) is 0. The Morgan fingerprint density at radius 3 is 2.93 bits per heavy atom. The topological polar surface area (TPSA) is 0 Å². The van der Waals surface area contributed by atoms with Crippen molar-refractivity contribution in [2.75, 3.05) is 0 Å². The molecular weight excluding hydrogens is 336 g/mol. The Balaban J connectivity index is 1.40. The van der Waals surface area contributed by atoms with Gasteiger partial charge in [-0.25, -0.2) is 0 Å². The first-order valence-corrected chi connectivity index (χ1v) is 11.0. The highest BCUT2D eigenvalue weighted by atomic mass is 14.4. The van der Waals surface area contributed by atoms with Gasteiger partial charge in [0, 0.05) is 5.92 Å². The van der Waals surface area contributed by atoms with E-state index in [1.54, 1.807) is 16.7 Å². The summed E-state index contributed by atoms with van der Waals surface area (Å²) >= 11 is 0. The third-order valence-corrected chi connectivity index (χ3v) is 6.89. The number of allylic oxidation sites excluding steroid dienone is 18. The lowest BCUT2D eigenvalue weighted by Crippen LogP contribution is -2.32. The maximum Gasteiger partial charge on any atom is 0.00927 e. The Hall–Kier alpha value is -2.34. The fraction of sp³-hybridized carbons (Fsp3) is 0.357. The van der Waals surface area contributed by atoms with Crippen LogP contribution in [0.3, 0.4) is 0 Å². The third-order valence-electron chi connectivity index (χ3n) is 6.89. The lowest BCUT2D eigenvalue weighted by Gasteiger charge is -2.43. The van der Waals surface area contributed by atoms with E-state index in [-0.39, 0.29) is 0 Å². The second kappa shape index (κ2) is 7.59. The third kappa shape index (κ3) is 3.30. The molecule has 0 aliphatic heterocycles. The Morgan fingerprint density at radius 1 is 1.07 bits per heavy atom. The summed E-state index contributed by atoms with van der Waals surface area (Å²) in [6.07, 6.45) is 36.6. The van der Waals surface area contributed by atoms with Gasteiger partial charge >= 0.3 is 0 Å². The van der Waals surface area contributed by atoms with Crippen LogP contribution in [0.4, 0.5) is 0 Å².